The zero-order valence-electron chi connectivity index (χ0n) is 4.51. The van der Waals surface area contributed by atoms with Crippen molar-refractivity contribution in [1.29, 1.82) is 0 Å². The minimum atomic E-state index is -0.153. The van der Waals surface area contributed by atoms with Crippen molar-refractivity contribution in [1.82, 2.24) is 0 Å². The Balaban J connectivity index is 2.49. The van der Waals surface area contributed by atoms with E-state index in [0.717, 1.165) is 0 Å². The molecular formula is C4H7BNO. The summed E-state index contributed by atoms with van der Waals surface area (Å²) in [6, 6.07) is 0. The van der Waals surface area contributed by atoms with E-state index < -0.39 is 0 Å². The second kappa shape index (κ2) is 1.25. The Bertz CT molecular complexity index is 89.9. The van der Waals surface area contributed by atoms with Gasteiger partial charge in [0.1, 0.15) is 5.50 Å². The van der Waals surface area contributed by atoms with Crippen molar-refractivity contribution in [2.45, 2.75) is 19.3 Å². The average Bonchev–Trinajstić information content (AvgIpc) is 1.84. The lowest BCUT2D eigenvalue weighted by atomic mass is 9.65. The van der Waals surface area contributed by atoms with E-state index in [2.05, 4.69) is 5.16 Å². The van der Waals surface area contributed by atoms with Crippen LogP contribution in [0.4, 0.5) is 0 Å². The second-order valence-corrected chi connectivity index (χ2v) is 2.12. The van der Waals surface area contributed by atoms with Gasteiger partial charge in [-0.15, -0.1) is 5.16 Å². The van der Waals surface area contributed by atoms with Gasteiger partial charge in [-0.05, 0) is 13.8 Å². The molecule has 1 heterocycles. The molecule has 0 atom stereocenters. The smallest absolute Gasteiger partial charge is 0.233 e. The molecule has 37 valence electrons. The van der Waals surface area contributed by atoms with Crippen LogP contribution in [0.15, 0.2) is 5.16 Å². The highest BCUT2D eigenvalue weighted by Gasteiger charge is 2.23. The second-order valence-electron chi connectivity index (χ2n) is 2.12. The molecule has 0 fully saturated rings. The van der Waals surface area contributed by atoms with Crippen LogP contribution in [-0.4, -0.2) is 18.9 Å². The predicted octanol–water partition coefficient (Wildman–Crippen LogP) is 0.400. The minimum absolute atomic E-state index is 0.153. The molecule has 1 rings (SSSR count). The maximum Gasteiger partial charge on any atom is 0.233 e. The summed E-state index contributed by atoms with van der Waals surface area (Å²) >= 11 is 0. The topological polar surface area (TPSA) is 21.6 Å². The summed E-state index contributed by atoms with van der Waals surface area (Å²) in [7, 11) is 1.91. The van der Waals surface area contributed by atoms with E-state index >= 15 is 0 Å². The van der Waals surface area contributed by atoms with Crippen molar-refractivity contribution in [3.63, 3.8) is 0 Å². The first kappa shape index (κ1) is 4.69. The Morgan fingerprint density at radius 1 is 1.71 bits per heavy atom. The standard InChI is InChI=1S/C4H7BNO/c1-4(2)5-3-6-7-4/h3H,1-2H3. The number of hydrogen-bond acceptors (Lipinski definition) is 2. The molecule has 0 bridgehead atoms. The maximum absolute atomic E-state index is 4.85. The number of nitrogens with zero attached hydrogens (tertiary/aromatic N) is 1. The van der Waals surface area contributed by atoms with Crippen molar-refractivity contribution in [3.05, 3.63) is 0 Å². The maximum atomic E-state index is 4.85. The fraction of sp³-hybridized carbons (Fsp3) is 0.750. The van der Waals surface area contributed by atoms with Crippen LogP contribution < -0.4 is 0 Å². The van der Waals surface area contributed by atoms with Crippen molar-refractivity contribution in [2.75, 3.05) is 0 Å². The lowest BCUT2D eigenvalue weighted by molar-refractivity contribution is 0.0597. The monoisotopic (exact) mass is 96.1 g/mol. The van der Waals surface area contributed by atoms with E-state index in [9.17, 15) is 0 Å². The largest absolute Gasteiger partial charge is 0.400 e. The third kappa shape index (κ3) is 0.949. The van der Waals surface area contributed by atoms with E-state index in [1.165, 1.54) is 0 Å². The van der Waals surface area contributed by atoms with Gasteiger partial charge in [0.15, 0.2) is 0 Å². The first-order chi connectivity index (χ1) is 3.21. The summed E-state index contributed by atoms with van der Waals surface area (Å²) in [6.45, 7) is 3.92. The van der Waals surface area contributed by atoms with Crippen LogP contribution in [0.25, 0.3) is 0 Å². The van der Waals surface area contributed by atoms with Crippen molar-refractivity contribution >= 4 is 13.4 Å². The molecule has 0 amide bonds. The molecule has 0 aromatic heterocycles. The van der Waals surface area contributed by atoms with Gasteiger partial charge < -0.3 is 4.84 Å². The Kier molecular flexibility index (Phi) is 0.839. The van der Waals surface area contributed by atoms with Crippen LogP contribution in [0.3, 0.4) is 0 Å². The van der Waals surface area contributed by atoms with Crippen LogP contribution >= 0.6 is 0 Å². The molecule has 0 saturated heterocycles. The quantitative estimate of drug-likeness (QED) is 0.400. The highest BCUT2D eigenvalue weighted by atomic mass is 16.6. The Hall–Kier alpha value is -0.465. The van der Waals surface area contributed by atoms with E-state index in [0.29, 0.717) is 0 Å². The van der Waals surface area contributed by atoms with Gasteiger partial charge in [0, 0.05) is 6.11 Å². The van der Waals surface area contributed by atoms with E-state index in [1.54, 1.807) is 6.11 Å². The molecular weight excluding hydrogens is 88.9 g/mol. The molecule has 0 N–H and O–H groups in total. The van der Waals surface area contributed by atoms with Gasteiger partial charge in [-0.3, -0.25) is 0 Å². The van der Waals surface area contributed by atoms with Crippen LogP contribution in [-0.2, 0) is 4.84 Å². The molecule has 0 unspecified atom stereocenters. The van der Waals surface area contributed by atoms with Gasteiger partial charge in [-0.2, -0.15) is 0 Å². The summed E-state index contributed by atoms with van der Waals surface area (Å²) < 4.78 is 0. The molecule has 3 heteroatoms. The van der Waals surface area contributed by atoms with Gasteiger partial charge in [0.05, 0.1) is 0 Å². The SMILES string of the molecule is CC1(C)[B]C=NO1. The van der Waals surface area contributed by atoms with Gasteiger partial charge in [0.25, 0.3) is 0 Å². The number of oxime groups is 1. The fourth-order valence-electron chi connectivity index (χ4n) is 0.407. The summed E-state index contributed by atoms with van der Waals surface area (Å²) in [6.07, 6.45) is 1.67. The van der Waals surface area contributed by atoms with E-state index in [1.807, 2.05) is 21.1 Å². The Morgan fingerprint density at radius 2 is 2.43 bits per heavy atom. The highest BCUT2D eigenvalue weighted by molar-refractivity contribution is 6.70. The lowest BCUT2D eigenvalue weighted by Gasteiger charge is -2.11. The fourth-order valence-corrected chi connectivity index (χ4v) is 0.407. The normalized spacial score (nSPS) is 23.7. The molecule has 0 aliphatic carbocycles. The molecule has 7 heavy (non-hydrogen) atoms. The average molecular weight is 95.9 g/mol. The summed E-state index contributed by atoms with van der Waals surface area (Å²) in [5.74, 6) is 0. The lowest BCUT2D eigenvalue weighted by Crippen LogP contribution is -2.25. The number of hydrogen-bond donors (Lipinski definition) is 0. The predicted molar refractivity (Wildman–Crippen MR) is 29.4 cm³/mol. The molecule has 1 radical (unpaired) electrons. The summed E-state index contributed by atoms with van der Waals surface area (Å²) in [5, 5.41) is 3.56. The zero-order chi connectivity index (χ0) is 5.33. The molecule has 0 aromatic carbocycles. The summed E-state index contributed by atoms with van der Waals surface area (Å²) in [4.78, 5) is 4.85. The van der Waals surface area contributed by atoms with Gasteiger partial charge in [0.2, 0.25) is 7.28 Å². The van der Waals surface area contributed by atoms with Crippen LogP contribution in [0.5, 0.6) is 0 Å². The third-order valence-corrected chi connectivity index (χ3v) is 0.825. The van der Waals surface area contributed by atoms with Gasteiger partial charge in [-0.25, -0.2) is 0 Å². The van der Waals surface area contributed by atoms with Crippen LogP contribution in [0.2, 0.25) is 0 Å². The Morgan fingerprint density at radius 3 is 2.57 bits per heavy atom. The third-order valence-electron chi connectivity index (χ3n) is 0.825. The minimum Gasteiger partial charge on any atom is -0.400 e. The highest BCUT2D eigenvalue weighted by Crippen LogP contribution is 2.09. The van der Waals surface area contributed by atoms with Crippen LogP contribution in [0.1, 0.15) is 13.8 Å². The zero-order valence-corrected chi connectivity index (χ0v) is 4.51. The van der Waals surface area contributed by atoms with Gasteiger partial charge >= 0.3 is 0 Å². The van der Waals surface area contributed by atoms with E-state index in [-0.39, 0.29) is 5.50 Å². The van der Waals surface area contributed by atoms with Crippen molar-refractivity contribution in [3.8, 4) is 0 Å². The first-order valence-corrected chi connectivity index (χ1v) is 2.27. The van der Waals surface area contributed by atoms with Crippen molar-refractivity contribution < 1.29 is 4.84 Å². The molecule has 1 aliphatic rings. The van der Waals surface area contributed by atoms with Crippen molar-refractivity contribution in [2.24, 2.45) is 5.16 Å². The molecule has 0 spiro atoms. The molecule has 2 nitrogen and oxygen atoms in total. The Labute approximate surface area is 43.8 Å². The van der Waals surface area contributed by atoms with Gasteiger partial charge in [-0.1, -0.05) is 0 Å². The molecule has 1 aliphatic heterocycles. The van der Waals surface area contributed by atoms with Crippen LogP contribution in [0, 0.1) is 0 Å². The molecule has 0 aromatic rings. The first-order valence-electron chi connectivity index (χ1n) is 2.27. The number of rotatable bonds is 0. The van der Waals surface area contributed by atoms with E-state index in [4.69, 9.17) is 4.84 Å². The summed E-state index contributed by atoms with van der Waals surface area (Å²) in [5.41, 5.74) is -0.153. The molecule has 0 saturated carbocycles.